The van der Waals surface area contributed by atoms with Gasteiger partial charge in [0.1, 0.15) is 0 Å². The van der Waals surface area contributed by atoms with Gasteiger partial charge in [0, 0.05) is 6.54 Å². The average molecular weight is 205 g/mol. The Morgan fingerprint density at radius 1 is 1.40 bits per heavy atom. The van der Waals surface area contributed by atoms with Gasteiger partial charge in [-0.2, -0.15) is 0 Å². The number of aliphatic hydroxyl groups excluding tert-OH is 1. The summed E-state index contributed by atoms with van der Waals surface area (Å²) in [5.74, 6) is 0.685. The monoisotopic (exact) mass is 205 g/mol. The van der Waals surface area contributed by atoms with Gasteiger partial charge < -0.3 is 10.4 Å². The van der Waals surface area contributed by atoms with Crippen LogP contribution in [0.25, 0.3) is 0 Å². The number of hydrogen-bond acceptors (Lipinski definition) is 2. The fraction of sp³-hybridized carbons (Fsp3) is 0.538. The van der Waals surface area contributed by atoms with Crippen LogP contribution < -0.4 is 5.32 Å². The molecule has 1 fully saturated rings. The Morgan fingerprint density at radius 3 is 2.87 bits per heavy atom. The molecular weight excluding hydrogens is 186 g/mol. The lowest BCUT2D eigenvalue weighted by molar-refractivity contribution is 0.0430. The molecular formula is C13H19NO. The summed E-state index contributed by atoms with van der Waals surface area (Å²) in [6, 6.07) is 8.57. The summed E-state index contributed by atoms with van der Waals surface area (Å²) < 4.78 is 0. The van der Waals surface area contributed by atoms with Crippen LogP contribution in [0.5, 0.6) is 0 Å². The maximum Gasteiger partial charge on any atom is 0.0546 e. The van der Waals surface area contributed by atoms with E-state index in [4.69, 9.17) is 5.11 Å². The van der Waals surface area contributed by atoms with Gasteiger partial charge in [0.2, 0.25) is 0 Å². The van der Waals surface area contributed by atoms with Crippen LogP contribution in [-0.2, 0) is 6.54 Å². The second kappa shape index (κ2) is 4.77. The molecule has 2 N–H and O–H groups in total. The highest BCUT2D eigenvalue weighted by molar-refractivity contribution is 5.21. The Bertz CT molecular complexity index is 318. The standard InChI is InChI=1S/C13H19NO/c1-10-3-2-4-11(5-10)8-14-9-12-6-13(15)7-12/h2-5,12-15H,6-9H2,1H3. The second-order valence-electron chi connectivity index (χ2n) is 4.61. The predicted octanol–water partition coefficient (Wildman–Crippen LogP) is 1.86. The van der Waals surface area contributed by atoms with E-state index >= 15 is 0 Å². The van der Waals surface area contributed by atoms with Crippen LogP contribution in [-0.4, -0.2) is 17.8 Å². The SMILES string of the molecule is Cc1cccc(CNCC2CC(O)C2)c1. The zero-order chi connectivity index (χ0) is 10.7. The van der Waals surface area contributed by atoms with Gasteiger partial charge in [-0.25, -0.2) is 0 Å². The summed E-state index contributed by atoms with van der Waals surface area (Å²) in [7, 11) is 0. The third kappa shape index (κ3) is 3.05. The first-order chi connectivity index (χ1) is 7.24. The maximum absolute atomic E-state index is 9.14. The summed E-state index contributed by atoms with van der Waals surface area (Å²) in [4.78, 5) is 0. The quantitative estimate of drug-likeness (QED) is 0.786. The number of nitrogens with one attached hydrogen (secondary N) is 1. The maximum atomic E-state index is 9.14. The Hall–Kier alpha value is -0.860. The fourth-order valence-electron chi connectivity index (χ4n) is 2.11. The number of hydrogen-bond donors (Lipinski definition) is 2. The molecule has 0 aliphatic heterocycles. The van der Waals surface area contributed by atoms with Crippen molar-refractivity contribution in [1.29, 1.82) is 0 Å². The molecule has 1 aromatic carbocycles. The molecule has 0 unspecified atom stereocenters. The lowest BCUT2D eigenvalue weighted by Crippen LogP contribution is -2.35. The first kappa shape index (κ1) is 10.7. The van der Waals surface area contributed by atoms with Crippen LogP contribution in [0, 0.1) is 12.8 Å². The molecule has 0 aromatic heterocycles. The minimum absolute atomic E-state index is 0.0317. The van der Waals surface area contributed by atoms with E-state index in [0.717, 1.165) is 25.9 Å². The summed E-state index contributed by atoms with van der Waals surface area (Å²) in [5.41, 5.74) is 2.66. The van der Waals surface area contributed by atoms with Crippen molar-refractivity contribution in [3.05, 3.63) is 35.4 Å². The van der Waals surface area contributed by atoms with E-state index in [2.05, 4.69) is 36.5 Å². The molecule has 0 saturated heterocycles. The van der Waals surface area contributed by atoms with E-state index in [9.17, 15) is 0 Å². The molecule has 1 saturated carbocycles. The number of benzene rings is 1. The van der Waals surface area contributed by atoms with Crippen molar-refractivity contribution in [2.24, 2.45) is 5.92 Å². The topological polar surface area (TPSA) is 32.3 Å². The molecule has 0 bridgehead atoms. The van der Waals surface area contributed by atoms with Gasteiger partial charge in [0.05, 0.1) is 6.10 Å². The van der Waals surface area contributed by atoms with Crippen LogP contribution >= 0.6 is 0 Å². The predicted molar refractivity (Wildman–Crippen MR) is 61.6 cm³/mol. The van der Waals surface area contributed by atoms with Crippen molar-refractivity contribution in [1.82, 2.24) is 5.32 Å². The molecule has 1 aromatic rings. The van der Waals surface area contributed by atoms with Gasteiger partial charge in [0.15, 0.2) is 0 Å². The highest BCUT2D eigenvalue weighted by Gasteiger charge is 2.26. The van der Waals surface area contributed by atoms with E-state index in [-0.39, 0.29) is 6.10 Å². The van der Waals surface area contributed by atoms with Crippen molar-refractivity contribution in [2.45, 2.75) is 32.4 Å². The van der Waals surface area contributed by atoms with Crippen LogP contribution in [0.15, 0.2) is 24.3 Å². The van der Waals surface area contributed by atoms with Crippen LogP contribution in [0.3, 0.4) is 0 Å². The Morgan fingerprint density at radius 2 is 2.20 bits per heavy atom. The summed E-state index contributed by atoms with van der Waals surface area (Å²) in [5, 5.41) is 12.6. The second-order valence-corrected chi connectivity index (χ2v) is 4.61. The Kier molecular flexibility index (Phi) is 3.39. The van der Waals surface area contributed by atoms with E-state index in [1.165, 1.54) is 11.1 Å². The largest absolute Gasteiger partial charge is 0.393 e. The van der Waals surface area contributed by atoms with Crippen molar-refractivity contribution >= 4 is 0 Å². The highest BCUT2D eigenvalue weighted by Crippen LogP contribution is 2.26. The molecule has 0 heterocycles. The third-order valence-electron chi connectivity index (χ3n) is 3.06. The van der Waals surface area contributed by atoms with Gasteiger partial charge in [0.25, 0.3) is 0 Å². The summed E-state index contributed by atoms with van der Waals surface area (Å²) >= 11 is 0. The number of aliphatic hydroxyl groups is 1. The van der Waals surface area contributed by atoms with Gasteiger partial charge in [-0.15, -0.1) is 0 Å². The van der Waals surface area contributed by atoms with Crippen molar-refractivity contribution in [3.8, 4) is 0 Å². The van der Waals surface area contributed by atoms with Gasteiger partial charge in [-0.3, -0.25) is 0 Å². The van der Waals surface area contributed by atoms with Crippen molar-refractivity contribution in [3.63, 3.8) is 0 Å². The zero-order valence-corrected chi connectivity index (χ0v) is 9.24. The molecule has 0 spiro atoms. The lowest BCUT2D eigenvalue weighted by Gasteiger charge is -2.31. The Labute approximate surface area is 91.3 Å². The molecule has 0 radical (unpaired) electrons. The molecule has 0 amide bonds. The normalized spacial score (nSPS) is 24.9. The molecule has 2 rings (SSSR count). The van der Waals surface area contributed by atoms with Crippen molar-refractivity contribution < 1.29 is 5.11 Å². The first-order valence-corrected chi connectivity index (χ1v) is 5.68. The molecule has 2 heteroatoms. The van der Waals surface area contributed by atoms with Crippen LogP contribution in [0.1, 0.15) is 24.0 Å². The van der Waals surface area contributed by atoms with E-state index in [1.807, 2.05) is 0 Å². The molecule has 15 heavy (non-hydrogen) atoms. The first-order valence-electron chi connectivity index (χ1n) is 5.68. The minimum atomic E-state index is -0.0317. The molecule has 2 nitrogen and oxygen atoms in total. The van der Waals surface area contributed by atoms with Crippen molar-refractivity contribution in [2.75, 3.05) is 6.54 Å². The van der Waals surface area contributed by atoms with E-state index < -0.39 is 0 Å². The van der Waals surface area contributed by atoms with Crippen LogP contribution in [0.2, 0.25) is 0 Å². The van der Waals surface area contributed by atoms with Crippen LogP contribution in [0.4, 0.5) is 0 Å². The highest BCUT2D eigenvalue weighted by atomic mass is 16.3. The van der Waals surface area contributed by atoms with Gasteiger partial charge >= 0.3 is 0 Å². The fourth-order valence-corrected chi connectivity index (χ4v) is 2.11. The third-order valence-corrected chi connectivity index (χ3v) is 3.06. The van der Waals surface area contributed by atoms with E-state index in [0.29, 0.717) is 5.92 Å². The smallest absolute Gasteiger partial charge is 0.0546 e. The van der Waals surface area contributed by atoms with E-state index in [1.54, 1.807) is 0 Å². The van der Waals surface area contributed by atoms with Gasteiger partial charge in [-0.1, -0.05) is 29.8 Å². The summed E-state index contributed by atoms with van der Waals surface area (Å²) in [6.45, 7) is 4.09. The average Bonchev–Trinajstić information content (AvgIpc) is 2.15. The minimum Gasteiger partial charge on any atom is -0.393 e. The Balaban J connectivity index is 1.69. The molecule has 0 atom stereocenters. The molecule has 1 aliphatic rings. The number of rotatable bonds is 4. The summed E-state index contributed by atoms with van der Waals surface area (Å²) in [6.07, 6.45) is 1.91. The van der Waals surface area contributed by atoms with Gasteiger partial charge in [-0.05, 0) is 37.8 Å². The molecule has 1 aliphatic carbocycles. The molecule has 82 valence electrons. The number of aryl methyl sites for hydroxylation is 1. The lowest BCUT2D eigenvalue weighted by atomic mass is 9.82. The zero-order valence-electron chi connectivity index (χ0n) is 9.24.